The molecule has 1 amide bonds. The summed E-state index contributed by atoms with van der Waals surface area (Å²) in [5.41, 5.74) is 4.01. The zero-order chi connectivity index (χ0) is 19.7. The molecule has 144 valence electrons. The Kier molecular flexibility index (Phi) is 5.00. The molecule has 3 heterocycles. The number of amides is 1. The Morgan fingerprint density at radius 1 is 1.25 bits per heavy atom. The molecular weight excluding hydrogens is 372 g/mol. The van der Waals surface area contributed by atoms with E-state index in [0.29, 0.717) is 12.5 Å². The van der Waals surface area contributed by atoms with Crippen molar-refractivity contribution in [3.05, 3.63) is 75.9 Å². The Morgan fingerprint density at radius 2 is 2.04 bits per heavy atom. The summed E-state index contributed by atoms with van der Waals surface area (Å²) in [7, 11) is 0. The Morgan fingerprint density at radius 3 is 2.79 bits per heavy atom. The van der Waals surface area contributed by atoms with Crippen molar-refractivity contribution in [2.75, 3.05) is 0 Å². The number of nitrogens with zero attached hydrogens (tertiary/aromatic N) is 3. The second kappa shape index (κ2) is 7.59. The molecule has 0 spiro atoms. The molecule has 1 aromatic carbocycles. The van der Waals surface area contributed by atoms with Gasteiger partial charge in [-0.1, -0.05) is 42.4 Å². The van der Waals surface area contributed by atoms with E-state index in [4.69, 9.17) is 4.52 Å². The number of carbonyl (C=O) groups excluding carboxylic acids is 1. The van der Waals surface area contributed by atoms with Crippen LogP contribution >= 0.6 is 11.3 Å². The van der Waals surface area contributed by atoms with Gasteiger partial charge in [-0.3, -0.25) is 9.20 Å². The van der Waals surface area contributed by atoms with Gasteiger partial charge in [-0.15, -0.1) is 11.3 Å². The van der Waals surface area contributed by atoms with Gasteiger partial charge >= 0.3 is 0 Å². The third-order valence-electron chi connectivity index (χ3n) is 4.94. The van der Waals surface area contributed by atoms with Gasteiger partial charge in [0.2, 0.25) is 5.76 Å². The minimum Gasteiger partial charge on any atom is -0.351 e. The van der Waals surface area contributed by atoms with Crippen LogP contribution in [0.3, 0.4) is 0 Å². The fraction of sp³-hybridized carbons (Fsp3) is 0.286. The van der Waals surface area contributed by atoms with E-state index < -0.39 is 0 Å². The van der Waals surface area contributed by atoms with Crippen LogP contribution in [0.1, 0.15) is 50.9 Å². The predicted molar refractivity (Wildman–Crippen MR) is 109 cm³/mol. The number of aryl methyl sites for hydroxylation is 2. The number of benzene rings is 1. The monoisotopic (exact) mass is 394 g/mol. The van der Waals surface area contributed by atoms with Gasteiger partial charge in [0, 0.05) is 22.8 Å². The highest BCUT2D eigenvalue weighted by molar-refractivity contribution is 7.17. The Balaban J connectivity index is 1.37. The summed E-state index contributed by atoms with van der Waals surface area (Å²) in [5, 5.41) is 6.91. The average molecular weight is 395 g/mol. The second-order valence-corrected chi connectivity index (χ2v) is 8.19. The van der Waals surface area contributed by atoms with E-state index in [1.54, 1.807) is 17.4 Å². The lowest BCUT2D eigenvalue weighted by molar-refractivity contribution is 0.0913. The molecule has 4 rings (SSSR count). The van der Waals surface area contributed by atoms with Crippen LogP contribution in [-0.2, 0) is 13.0 Å². The van der Waals surface area contributed by atoms with Crippen LogP contribution in [-0.4, -0.2) is 20.4 Å². The van der Waals surface area contributed by atoms with E-state index in [9.17, 15) is 4.79 Å². The van der Waals surface area contributed by atoms with Crippen LogP contribution in [0, 0.1) is 13.8 Å². The molecule has 1 N–H and O–H groups in total. The largest absolute Gasteiger partial charge is 0.351 e. The lowest BCUT2D eigenvalue weighted by Gasteiger charge is -2.08. The van der Waals surface area contributed by atoms with Crippen molar-refractivity contribution in [2.45, 2.75) is 39.7 Å². The smallest absolute Gasteiger partial charge is 0.290 e. The summed E-state index contributed by atoms with van der Waals surface area (Å²) in [5.74, 6) is 0.242. The summed E-state index contributed by atoms with van der Waals surface area (Å²) >= 11 is 1.65. The molecule has 0 radical (unpaired) electrons. The first kappa shape index (κ1) is 18.4. The van der Waals surface area contributed by atoms with Gasteiger partial charge in [0.1, 0.15) is 0 Å². The maximum atomic E-state index is 12.4. The Bertz CT molecular complexity index is 1110. The molecular formula is C21H22N4O2S. The average Bonchev–Trinajstić information content (AvgIpc) is 3.38. The maximum absolute atomic E-state index is 12.4. The van der Waals surface area contributed by atoms with E-state index in [-0.39, 0.29) is 11.7 Å². The number of imidazole rings is 1. The molecule has 0 saturated carbocycles. The molecule has 0 saturated heterocycles. The fourth-order valence-electron chi connectivity index (χ4n) is 3.17. The number of carbonyl (C=O) groups is 1. The van der Waals surface area contributed by atoms with E-state index in [2.05, 4.69) is 52.8 Å². The van der Waals surface area contributed by atoms with Gasteiger partial charge in [0.05, 0.1) is 17.9 Å². The van der Waals surface area contributed by atoms with Crippen molar-refractivity contribution in [1.29, 1.82) is 0 Å². The molecule has 7 heteroatoms. The standard InChI is InChI=1S/C21H22N4O2S/c1-13(16-7-5-4-6-8-16)9-17-10-19(27-24-17)20(26)22-11-18-12-25-14(2)15(3)28-21(25)23-18/h4-8,10,12-13H,9,11H2,1-3H3,(H,22,26)/t13-/m1/s1. The molecule has 3 aromatic heterocycles. The summed E-state index contributed by atoms with van der Waals surface area (Å²) in [6.07, 6.45) is 2.68. The zero-order valence-corrected chi connectivity index (χ0v) is 16.9. The molecule has 0 aliphatic rings. The van der Waals surface area contributed by atoms with Gasteiger partial charge in [-0.25, -0.2) is 4.98 Å². The van der Waals surface area contributed by atoms with Gasteiger partial charge < -0.3 is 9.84 Å². The second-order valence-electron chi connectivity index (χ2n) is 7.01. The van der Waals surface area contributed by atoms with E-state index in [0.717, 1.165) is 22.8 Å². The van der Waals surface area contributed by atoms with E-state index >= 15 is 0 Å². The highest BCUT2D eigenvalue weighted by Gasteiger charge is 2.16. The summed E-state index contributed by atoms with van der Waals surface area (Å²) in [4.78, 5) is 19.1. The van der Waals surface area contributed by atoms with Crippen LogP contribution < -0.4 is 5.32 Å². The van der Waals surface area contributed by atoms with Gasteiger partial charge in [0.25, 0.3) is 5.91 Å². The molecule has 6 nitrogen and oxygen atoms in total. The number of fused-ring (bicyclic) bond motifs is 1. The highest BCUT2D eigenvalue weighted by Crippen LogP contribution is 2.22. The van der Waals surface area contributed by atoms with Crippen molar-refractivity contribution in [1.82, 2.24) is 19.9 Å². The van der Waals surface area contributed by atoms with Crippen LogP contribution in [0.4, 0.5) is 0 Å². The molecule has 0 bridgehead atoms. The van der Waals surface area contributed by atoms with Gasteiger partial charge in [-0.2, -0.15) is 0 Å². The van der Waals surface area contributed by atoms with Crippen LogP contribution in [0.5, 0.6) is 0 Å². The van der Waals surface area contributed by atoms with Crippen LogP contribution in [0.25, 0.3) is 4.96 Å². The quantitative estimate of drug-likeness (QED) is 0.530. The van der Waals surface area contributed by atoms with Crippen molar-refractivity contribution in [3.8, 4) is 0 Å². The minimum atomic E-state index is -0.282. The molecule has 0 unspecified atom stereocenters. The highest BCUT2D eigenvalue weighted by atomic mass is 32.1. The van der Waals surface area contributed by atoms with Gasteiger partial charge in [0.15, 0.2) is 4.96 Å². The summed E-state index contributed by atoms with van der Waals surface area (Å²) < 4.78 is 7.30. The number of hydrogen-bond acceptors (Lipinski definition) is 5. The Labute approximate surface area is 167 Å². The zero-order valence-electron chi connectivity index (χ0n) is 16.1. The fourth-order valence-corrected chi connectivity index (χ4v) is 4.14. The molecule has 0 aliphatic carbocycles. The summed E-state index contributed by atoms with van der Waals surface area (Å²) in [6, 6.07) is 12.0. The number of rotatable bonds is 6. The predicted octanol–water partition coefficient (Wildman–Crippen LogP) is 4.28. The summed E-state index contributed by atoms with van der Waals surface area (Å²) in [6.45, 7) is 6.63. The number of nitrogens with one attached hydrogen (secondary N) is 1. The number of hydrogen-bond donors (Lipinski definition) is 1. The van der Waals surface area contributed by atoms with Crippen LogP contribution in [0.15, 0.2) is 47.1 Å². The number of thiazole rings is 1. The molecule has 0 aliphatic heterocycles. The van der Waals surface area contributed by atoms with Crippen LogP contribution in [0.2, 0.25) is 0 Å². The number of aromatic nitrogens is 3. The first-order valence-corrected chi connectivity index (χ1v) is 10.1. The molecule has 4 aromatic rings. The van der Waals surface area contributed by atoms with E-state index in [1.807, 2.05) is 24.4 Å². The molecule has 28 heavy (non-hydrogen) atoms. The van der Waals surface area contributed by atoms with Gasteiger partial charge in [-0.05, 0) is 31.7 Å². The normalized spacial score (nSPS) is 12.4. The van der Waals surface area contributed by atoms with Crippen molar-refractivity contribution < 1.29 is 9.32 Å². The maximum Gasteiger partial charge on any atom is 0.290 e. The lowest BCUT2D eigenvalue weighted by Crippen LogP contribution is -2.22. The third-order valence-corrected chi connectivity index (χ3v) is 6.01. The third kappa shape index (κ3) is 3.71. The van der Waals surface area contributed by atoms with Crippen molar-refractivity contribution in [2.24, 2.45) is 0 Å². The minimum absolute atomic E-state index is 0.225. The first-order valence-electron chi connectivity index (χ1n) is 9.24. The van der Waals surface area contributed by atoms with E-state index in [1.165, 1.54) is 16.1 Å². The topological polar surface area (TPSA) is 72.4 Å². The Hall–Kier alpha value is -2.93. The van der Waals surface area contributed by atoms with Crippen molar-refractivity contribution in [3.63, 3.8) is 0 Å². The first-order chi connectivity index (χ1) is 13.5. The lowest BCUT2D eigenvalue weighted by atomic mass is 9.96. The van der Waals surface area contributed by atoms with Crippen molar-refractivity contribution >= 4 is 22.2 Å². The molecule has 0 fully saturated rings. The SMILES string of the molecule is Cc1sc2nc(CNC(=O)c3cc(C[C@@H](C)c4ccccc4)no3)cn2c1C. The molecule has 1 atom stereocenters.